The smallest absolute Gasteiger partial charge is 0.0358 e. The molecule has 1 aliphatic carbocycles. The summed E-state index contributed by atoms with van der Waals surface area (Å²) in [5.74, 6) is 0.198. The summed E-state index contributed by atoms with van der Waals surface area (Å²) >= 11 is 0. The highest BCUT2D eigenvalue weighted by Gasteiger charge is 2.34. The molecule has 41 heavy (non-hydrogen) atoms. The minimum absolute atomic E-state index is 0.198. The Kier molecular flexibility index (Phi) is 4.61. The summed E-state index contributed by atoms with van der Waals surface area (Å²) in [5, 5.41) is 13.5. The van der Waals surface area contributed by atoms with Gasteiger partial charge in [0.1, 0.15) is 0 Å². The first-order valence-corrected chi connectivity index (χ1v) is 14.6. The van der Waals surface area contributed by atoms with Crippen molar-refractivity contribution in [2.75, 3.05) is 0 Å². The number of fused-ring (bicyclic) bond motifs is 15. The van der Waals surface area contributed by atoms with Gasteiger partial charge in [-0.1, -0.05) is 127 Å². The molecule has 0 saturated carbocycles. The lowest BCUT2D eigenvalue weighted by Crippen LogP contribution is -2.00. The van der Waals surface area contributed by atoms with Gasteiger partial charge in [-0.05, 0) is 107 Å². The van der Waals surface area contributed by atoms with Crippen molar-refractivity contribution in [1.82, 2.24) is 0 Å². The van der Waals surface area contributed by atoms with E-state index in [1.807, 2.05) is 0 Å². The van der Waals surface area contributed by atoms with E-state index in [9.17, 15) is 0 Å². The summed E-state index contributed by atoms with van der Waals surface area (Å²) in [6, 6.07) is 47.9. The van der Waals surface area contributed by atoms with Crippen molar-refractivity contribution in [2.45, 2.75) is 19.8 Å². The number of aryl methyl sites for hydroxylation is 2. The van der Waals surface area contributed by atoms with Gasteiger partial charge in [0.15, 0.2) is 0 Å². The Hall–Kier alpha value is -4.94. The molecule has 0 fully saturated rings. The van der Waals surface area contributed by atoms with Gasteiger partial charge in [0.2, 0.25) is 0 Å². The molecular weight excluding hydrogens is 492 g/mol. The predicted octanol–water partition coefficient (Wildman–Crippen LogP) is 11.2. The molecule has 0 aliphatic heterocycles. The highest BCUT2D eigenvalue weighted by Crippen LogP contribution is 2.56. The van der Waals surface area contributed by atoms with Crippen LogP contribution in [0, 0.1) is 13.8 Å². The molecule has 192 valence electrons. The Morgan fingerprint density at radius 2 is 1.05 bits per heavy atom. The lowest BCUT2D eigenvalue weighted by atomic mass is 9.81. The molecule has 1 unspecified atom stereocenters. The number of rotatable bonds is 1. The molecule has 0 aromatic heterocycles. The average molecular weight is 521 g/mol. The van der Waals surface area contributed by atoms with Crippen molar-refractivity contribution in [1.29, 1.82) is 0 Å². The zero-order valence-electron chi connectivity index (χ0n) is 23.2. The van der Waals surface area contributed by atoms with Crippen molar-refractivity contribution in [3.05, 3.63) is 155 Å². The maximum Gasteiger partial charge on any atom is 0.0358 e. The van der Waals surface area contributed by atoms with E-state index in [1.165, 1.54) is 92.8 Å². The molecule has 8 aromatic carbocycles. The summed E-state index contributed by atoms with van der Waals surface area (Å²) in [4.78, 5) is 0. The third-order valence-electron chi connectivity index (χ3n) is 9.59. The van der Waals surface area contributed by atoms with Gasteiger partial charge < -0.3 is 0 Å². The molecule has 1 aliphatic rings. The van der Waals surface area contributed by atoms with Crippen LogP contribution in [-0.4, -0.2) is 0 Å². The molecule has 0 heterocycles. The third-order valence-corrected chi connectivity index (χ3v) is 9.59. The van der Waals surface area contributed by atoms with Gasteiger partial charge in [-0.15, -0.1) is 0 Å². The minimum atomic E-state index is 0.198. The largest absolute Gasteiger partial charge is 0.0622 e. The van der Waals surface area contributed by atoms with Crippen LogP contribution in [0.4, 0.5) is 0 Å². The maximum atomic E-state index is 2.42. The molecule has 0 saturated heterocycles. The van der Waals surface area contributed by atoms with Crippen molar-refractivity contribution in [3.8, 4) is 11.1 Å². The number of hydrogen-bond donors (Lipinski definition) is 0. The molecule has 0 spiro atoms. The fourth-order valence-electron chi connectivity index (χ4n) is 7.72. The molecule has 0 radical (unpaired) electrons. The zero-order chi connectivity index (χ0) is 27.2. The molecule has 0 bridgehead atoms. The van der Waals surface area contributed by atoms with Gasteiger partial charge in [-0.3, -0.25) is 0 Å². The Morgan fingerprint density at radius 1 is 0.439 bits per heavy atom. The van der Waals surface area contributed by atoms with Crippen molar-refractivity contribution in [3.63, 3.8) is 0 Å². The van der Waals surface area contributed by atoms with Gasteiger partial charge in [-0.25, -0.2) is 0 Å². The van der Waals surface area contributed by atoms with Crippen LogP contribution in [0.15, 0.2) is 127 Å². The van der Waals surface area contributed by atoms with Gasteiger partial charge in [-0.2, -0.15) is 0 Å². The highest BCUT2D eigenvalue weighted by molar-refractivity contribution is 6.39. The lowest BCUT2D eigenvalue weighted by molar-refractivity contribution is 1.03. The van der Waals surface area contributed by atoms with Crippen molar-refractivity contribution < 1.29 is 0 Å². The molecule has 8 aromatic rings. The quantitative estimate of drug-likeness (QED) is 0.189. The van der Waals surface area contributed by atoms with E-state index in [-0.39, 0.29) is 5.92 Å². The first-order valence-electron chi connectivity index (χ1n) is 14.6. The Balaban J connectivity index is 1.63. The third kappa shape index (κ3) is 3.00. The van der Waals surface area contributed by atoms with Crippen LogP contribution in [0.25, 0.3) is 65.0 Å². The summed E-state index contributed by atoms with van der Waals surface area (Å²) in [5.41, 5.74) is 9.64. The average Bonchev–Trinajstić information content (AvgIpc) is 3.37. The molecule has 1 atom stereocenters. The predicted molar refractivity (Wildman–Crippen MR) is 176 cm³/mol. The highest BCUT2D eigenvalue weighted by atomic mass is 14.4. The van der Waals surface area contributed by atoms with Crippen LogP contribution in [0.3, 0.4) is 0 Å². The second-order valence-electron chi connectivity index (χ2n) is 11.7. The molecule has 0 amide bonds. The summed E-state index contributed by atoms with van der Waals surface area (Å²) < 4.78 is 0. The molecule has 9 rings (SSSR count). The van der Waals surface area contributed by atoms with Crippen LogP contribution in [0.1, 0.15) is 33.7 Å². The maximum absolute atomic E-state index is 2.42. The summed E-state index contributed by atoms with van der Waals surface area (Å²) in [6.07, 6.45) is 0. The van der Waals surface area contributed by atoms with E-state index >= 15 is 0 Å². The topological polar surface area (TPSA) is 0 Å². The van der Waals surface area contributed by atoms with Crippen molar-refractivity contribution in [2.24, 2.45) is 0 Å². The van der Waals surface area contributed by atoms with E-state index < -0.39 is 0 Å². The van der Waals surface area contributed by atoms with E-state index in [4.69, 9.17) is 0 Å². The van der Waals surface area contributed by atoms with Gasteiger partial charge >= 0.3 is 0 Å². The van der Waals surface area contributed by atoms with E-state index in [0.29, 0.717) is 0 Å². The van der Waals surface area contributed by atoms with E-state index in [2.05, 4.69) is 141 Å². The van der Waals surface area contributed by atoms with Crippen molar-refractivity contribution >= 4 is 53.9 Å². The Bertz CT molecular complexity index is 2370. The number of benzene rings is 8. The van der Waals surface area contributed by atoms with Gasteiger partial charge in [0, 0.05) is 5.92 Å². The van der Waals surface area contributed by atoms with E-state index in [0.717, 1.165) is 0 Å². The van der Waals surface area contributed by atoms with Gasteiger partial charge in [0.25, 0.3) is 0 Å². The molecule has 0 heteroatoms. The van der Waals surface area contributed by atoms with Crippen LogP contribution < -0.4 is 0 Å². The first kappa shape index (κ1) is 22.8. The molecule has 0 N–H and O–H groups in total. The number of hydrogen-bond acceptors (Lipinski definition) is 0. The Morgan fingerprint density at radius 3 is 1.85 bits per heavy atom. The second kappa shape index (κ2) is 8.29. The van der Waals surface area contributed by atoms with Gasteiger partial charge in [0.05, 0.1) is 0 Å². The minimum Gasteiger partial charge on any atom is -0.0622 e. The van der Waals surface area contributed by atoms with Crippen LogP contribution in [-0.2, 0) is 0 Å². The first-order chi connectivity index (χ1) is 20.2. The molecule has 0 nitrogen and oxygen atoms in total. The monoisotopic (exact) mass is 520 g/mol. The molecular formula is C41H28. The second-order valence-corrected chi connectivity index (χ2v) is 11.7. The fraction of sp³-hybridized carbons (Fsp3) is 0.0732. The van der Waals surface area contributed by atoms with Crippen LogP contribution in [0.2, 0.25) is 0 Å². The standard InChI is InChI=1S/C41H28/c1-24-22-27-20-21-34-28-14-6-7-15-29(28)40-39(37(34)35(27)23-25(24)2)33-19-11-10-18-32(33)38-36(26-12-4-3-5-13-26)30-16-8-9-17-31(30)41(38)40/h3-23,36H,1-2H3. The zero-order valence-corrected chi connectivity index (χ0v) is 23.2. The lowest BCUT2D eigenvalue weighted by Gasteiger charge is -2.21. The Labute approximate surface area is 239 Å². The summed E-state index contributed by atoms with van der Waals surface area (Å²) in [6.45, 7) is 4.47. The SMILES string of the molecule is Cc1cc2ccc3c4ccccc4c4c5c(c6ccccc6c4c3c2cc1C)C(c1ccccc1)c1ccccc1-5. The normalized spacial score (nSPS) is 14.3. The van der Waals surface area contributed by atoms with E-state index in [1.54, 1.807) is 0 Å². The van der Waals surface area contributed by atoms with Crippen LogP contribution >= 0.6 is 0 Å². The summed E-state index contributed by atoms with van der Waals surface area (Å²) in [7, 11) is 0. The fourth-order valence-corrected chi connectivity index (χ4v) is 7.72. The van der Waals surface area contributed by atoms with Crippen LogP contribution in [0.5, 0.6) is 0 Å².